The maximum atomic E-state index is 4.52. The Morgan fingerprint density at radius 2 is 2.38 bits per heavy atom. The second kappa shape index (κ2) is 3.87. The molecule has 1 fully saturated rings. The maximum Gasteiger partial charge on any atom is 0.177 e. The van der Waals surface area contributed by atoms with Gasteiger partial charge >= 0.3 is 0 Å². The minimum Gasteiger partial charge on any atom is -0.329 e. The van der Waals surface area contributed by atoms with Crippen LogP contribution in [0.1, 0.15) is 18.7 Å². The molecule has 0 saturated heterocycles. The van der Waals surface area contributed by atoms with E-state index in [-0.39, 0.29) is 0 Å². The molecule has 4 nitrogen and oxygen atoms in total. The summed E-state index contributed by atoms with van der Waals surface area (Å²) in [5.41, 5.74) is 1.94. The molecule has 1 N–H and O–H groups in total. The van der Waals surface area contributed by atoms with Crippen LogP contribution in [0.2, 0.25) is 0 Å². The summed E-state index contributed by atoms with van der Waals surface area (Å²) in [4.78, 5) is 8.78. The number of fused-ring (bicyclic) bond motifs is 1. The van der Waals surface area contributed by atoms with Crippen LogP contribution in [0, 0.1) is 5.92 Å². The minimum absolute atomic E-state index is 0.837. The lowest BCUT2D eigenvalue weighted by molar-refractivity contribution is 0.607. The average Bonchev–Trinajstić information content (AvgIpc) is 3.06. The van der Waals surface area contributed by atoms with Gasteiger partial charge in [0.05, 0.1) is 12.1 Å². The van der Waals surface area contributed by atoms with Crippen LogP contribution in [0.15, 0.2) is 18.3 Å². The molecule has 0 atom stereocenters. The Bertz CT molecular complexity index is 499. The second-order valence-corrected chi connectivity index (χ2v) is 4.51. The number of hydrogen-bond donors (Lipinski definition) is 1. The predicted molar refractivity (Wildman–Crippen MR) is 62.9 cm³/mol. The second-order valence-electron chi connectivity index (χ2n) is 4.51. The monoisotopic (exact) mass is 216 g/mol. The fourth-order valence-corrected chi connectivity index (χ4v) is 1.94. The number of pyridine rings is 1. The van der Waals surface area contributed by atoms with Gasteiger partial charge in [0, 0.05) is 13.2 Å². The molecule has 4 heteroatoms. The third-order valence-corrected chi connectivity index (χ3v) is 3.16. The highest BCUT2D eigenvalue weighted by Gasteiger charge is 2.20. The molecule has 2 heterocycles. The highest BCUT2D eigenvalue weighted by molar-refractivity contribution is 5.71. The van der Waals surface area contributed by atoms with Gasteiger partial charge in [0.2, 0.25) is 0 Å². The first-order chi connectivity index (χ1) is 7.84. The summed E-state index contributed by atoms with van der Waals surface area (Å²) in [7, 11) is 2.05. The van der Waals surface area contributed by atoms with Gasteiger partial charge in [-0.2, -0.15) is 0 Å². The van der Waals surface area contributed by atoms with Crippen molar-refractivity contribution in [1.29, 1.82) is 0 Å². The Hall–Kier alpha value is -1.42. The number of aryl methyl sites for hydroxylation is 1. The van der Waals surface area contributed by atoms with Gasteiger partial charge in [-0.05, 0) is 37.4 Å². The number of imidazole rings is 1. The standard InChI is InChI=1S/C12H16N4/c1-16-10-3-2-6-14-12(10)15-11(16)8-13-7-9-4-5-9/h2-3,6,9,13H,4-5,7-8H2,1H3. The normalized spacial score (nSPS) is 15.8. The first-order valence-corrected chi connectivity index (χ1v) is 5.81. The van der Waals surface area contributed by atoms with Gasteiger partial charge in [0.1, 0.15) is 5.82 Å². The summed E-state index contributed by atoms with van der Waals surface area (Å²) in [6, 6.07) is 4.01. The zero-order valence-corrected chi connectivity index (χ0v) is 9.48. The first-order valence-electron chi connectivity index (χ1n) is 5.81. The van der Waals surface area contributed by atoms with Crippen molar-refractivity contribution in [2.45, 2.75) is 19.4 Å². The number of rotatable bonds is 4. The lowest BCUT2D eigenvalue weighted by atomic mass is 10.4. The van der Waals surface area contributed by atoms with Gasteiger partial charge in [-0.3, -0.25) is 0 Å². The fourth-order valence-electron chi connectivity index (χ4n) is 1.94. The number of nitrogens with zero attached hydrogens (tertiary/aromatic N) is 3. The van der Waals surface area contributed by atoms with Crippen LogP contribution >= 0.6 is 0 Å². The smallest absolute Gasteiger partial charge is 0.177 e. The molecule has 1 saturated carbocycles. The largest absolute Gasteiger partial charge is 0.329 e. The van der Waals surface area contributed by atoms with E-state index in [1.165, 1.54) is 12.8 Å². The van der Waals surface area contributed by atoms with Crippen molar-refractivity contribution in [1.82, 2.24) is 19.9 Å². The highest BCUT2D eigenvalue weighted by atomic mass is 15.1. The Morgan fingerprint density at radius 3 is 3.12 bits per heavy atom. The van der Waals surface area contributed by atoms with Crippen molar-refractivity contribution in [2.24, 2.45) is 13.0 Å². The van der Waals surface area contributed by atoms with Crippen LogP contribution in [0.25, 0.3) is 11.2 Å². The molecule has 1 aliphatic rings. The van der Waals surface area contributed by atoms with Crippen molar-refractivity contribution in [2.75, 3.05) is 6.54 Å². The molecular weight excluding hydrogens is 200 g/mol. The third-order valence-electron chi connectivity index (χ3n) is 3.16. The molecule has 2 aromatic rings. The molecule has 0 unspecified atom stereocenters. The lowest BCUT2D eigenvalue weighted by Gasteiger charge is -2.03. The number of aromatic nitrogens is 3. The van der Waals surface area contributed by atoms with Gasteiger partial charge in [0.15, 0.2) is 5.65 Å². The summed E-state index contributed by atoms with van der Waals surface area (Å²) in [5, 5.41) is 3.45. The van der Waals surface area contributed by atoms with E-state index in [0.717, 1.165) is 36.0 Å². The molecule has 0 bridgehead atoms. The molecule has 0 aromatic carbocycles. The van der Waals surface area contributed by atoms with E-state index in [9.17, 15) is 0 Å². The zero-order chi connectivity index (χ0) is 11.0. The molecule has 0 amide bonds. The van der Waals surface area contributed by atoms with Crippen LogP contribution in [0.5, 0.6) is 0 Å². The molecule has 3 rings (SSSR count). The Labute approximate surface area is 94.7 Å². The van der Waals surface area contributed by atoms with Crippen molar-refractivity contribution >= 4 is 11.2 Å². The molecule has 0 aliphatic heterocycles. The molecular formula is C12H16N4. The van der Waals surface area contributed by atoms with E-state index < -0.39 is 0 Å². The number of hydrogen-bond acceptors (Lipinski definition) is 3. The summed E-state index contributed by atoms with van der Waals surface area (Å²) >= 11 is 0. The maximum absolute atomic E-state index is 4.52. The SMILES string of the molecule is Cn1c(CNCC2CC2)nc2ncccc21. The Balaban J connectivity index is 1.77. The van der Waals surface area contributed by atoms with E-state index in [1.807, 2.05) is 13.1 Å². The van der Waals surface area contributed by atoms with E-state index in [0.29, 0.717) is 0 Å². The fraction of sp³-hybridized carbons (Fsp3) is 0.500. The molecule has 1 aliphatic carbocycles. The van der Waals surface area contributed by atoms with E-state index in [4.69, 9.17) is 0 Å². The van der Waals surface area contributed by atoms with Gasteiger partial charge < -0.3 is 9.88 Å². The van der Waals surface area contributed by atoms with Gasteiger partial charge in [-0.1, -0.05) is 0 Å². The van der Waals surface area contributed by atoms with Gasteiger partial charge in [0.25, 0.3) is 0 Å². The van der Waals surface area contributed by atoms with Crippen molar-refractivity contribution in [3.05, 3.63) is 24.2 Å². The highest BCUT2D eigenvalue weighted by Crippen LogP contribution is 2.27. The van der Waals surface area contributed by atoms with Crippen LogP contribution in [-0.2, 0) is 13.6 Å². The molecule has 16 heavy (non-hydrogen) atoms. The van der Waals surface area contributed by atoms with Crippen molar-refractivity contribution in [3.63, 3.8) is 0 Å². The predicted octanol–water partition coefficient (Wildman–Crippen LogP) is 1.47. The third kappa shape index (κ3) is 1.80. The van der Waals surface area contributed by atoms with E-state index in [1.54, 1.807) is 6.20 Å². The Kier molecular flexibility index (Phi) is 2.36. The van der Waals surface area contributed by atoms with E-state index in [2.05, 4.69) is 25.9 Å². The molecule has 84 valence electrons. The van der Waals surface area contributed by atoms with Crippen LogP contribution in [0.3, 0.4) is 0 Å². The zero-order valence-electron chi connectivity index (χ0n) is 9.48. The van der Waals surface area contributed by atoms with E-state index >= 15 is 0 Å². The van der Waals surface area contributed by atoms with Crippen molar-refractivity contribution in [3.8, 4) is 0 Å². The van der Waals surface area contributed by atoms with Gasteiger partial charge in [-0.15, -0.1) is 0 Å². The summed E-state index contributed by atoms with van der Waals surface area (Å²) in [6.45, 7) is 1.96. The summed E-state index contributed by atoms with van der Waals surface area (Å²) < 4.78 is 2.11. The van der Waals surface area contributed by atoms with Crippen LogP contribution in [-0.4, -0.2) is 21.1 Å². The quantitative estimate of drug-likeness (QED) is 0.841. The summed E-state index contributed by atoms with van der Waals surface area (Å²) in [6.07, 6.45) is 4.56. The average molecular weight is 216 g/mol. The number of nitrogens with one attached hydrogen (secondary N) is 1. The molecule has 0 radical (unpaired) electrons. The van der Waals surface area contributed by atoms with Gasteiger partial charge in [-0.25, -0.2) is 9.97 Å². The lowest BCUT2D eigenvalue weighted by Crippen LogP contribution is -2.18. The summed E-state index contributed by atoms with van der Waals surface area (Å²) in [5.74, 6) is 1.97. The molecule has 2 aromatic heterocycles. The van der Waals surface area contributed by atoms with Crippen LogP contribution in [0.4, 0.5) is 0 Å². The first kappa shape index (κ1) is 9.78. The topological polar surface area (TPSA) is 42.7 Å². The minimum atomic E-state index is 0.837. The van der Waals surface area contributed by atoms with Crippen LogP contribution < -0.4 is 5.32 Å². The van der Waals surface area contributed by atoms with Crippen molar-refractivity contribution < 1.29 is 0 Å². The Morgan fingerprint density at radius 1 is 1.50 bits per heavy atom. The molecule has 0 spiro atoms.